The standard InChI is InChI=1S/C16H25F3N6O.HI/c1-3-20-15(21-7-5-9-25-8-4-6-13(25)26)22-10-12-11-24(2)23-14(12)16(17,18)19;/h11H,3-10H2,1-2H3,(H2,20,21,22);1H. The predicted octanol–water partition coefficient (Wildman–Crippen LogP) is 2.12. The molecule has 0 radical (unpaired) electrons. The minimum atomic E-state index is -4.50. The first-order chi connectivity index (χ1) is 12.3. The fourth-order valence-corrected chi connectivity index (χ4v) is 2.82. The van der Waals surface area contributed by atoms with Crippen molar-refractivity contribution in [3.63, 3.8) is 0 Å². The van der Waals surface area contributed by atoms with E-state index in [1.807, 2.05) is 11.8 Å². The zero-order valence-corrected chi connectivity index (χ0v) is 17.8. The minimum Gasteiger partial charge on any atom is -0.357 e. The van der Waals surface area contributed by atoms with Gasteiger partial charge in [0.15, 0.2) is 11.7 Å². The van der Waals surface area contributed by atoms with E-state index >= 15 is 0 Å². The third-order valence-corrected chi connectivity index (χ3v) is 3.99. The number of aryl methyl sites for hydroxylation is 1. The van der Waals surface area contributed by atoms with Crippen LogP contribution in [-0.2, 0) is 24.6 Å². The van der Waals surface area contributed by atoms with Gasteiger partial charge in [-0.25, -0.2) is 4.99 Å². The van der Waals surface area contributed by atoms with Crippen LogP contribution in [0.5, 0.6) is 0 Å². The van der Waals surface area contributed by atoms with Gasteiger partial charge in [-0.1, -0.05) is 0 Å². The van der Waals surface area contributed by atoms with Gasteiger partial charge in [0.2, 0.25) is 5.91 Å². The maximum Gasteiger partial charge on any atom is 0.435 e. The Labute approximate surface area is 173 Å². The molecule has 1 fully saturated rings. The topological polar surface area (TPSA) is 74.6 Å². The van der Waals surface area contributed by atoms with Crippen molar-refractivity contribution in [2.45, 2.75) is 38.9 Å². The van der Waals surface area contributed by atoms with E-state index in [2.05, 4.69) is 20.7 Å². The molecule has 0 spiro atoms. The molecule has 1 aromatic rings. The van der Waals surface area contributed by atoms with Gasteiger partial charge in [-0.3, -0.25) is 9.48 Å². The minimum absolute atomic E-state index is 0. The van der Waals surface area contributed by atoms with Gasteiger partial charge in [-0.15, -0.1) is 24.0 Å². The number of likely N-dealkylation sites (tertiary alicyclic amines) is 1. The van der Waals surface area contributed by atoms with Crippen molar-refractivity contribution in [3.05, 3.63) is 17.5 Å². The first-order valence-electron chi connectivity index (χ1n) is 8.71. The molecule has 0 atom stereocenters. The lowest BCUT2D eigenvalue weighted by Gasteiger charge is -2.16. The lowest BCUT2D eigenvalue weighted by atomic mass is 10.2. The Kier molecular flexibility index (Phi) is 9.33. The Morgan fingerprint density at radius 2 is 2.11 bits per heavy atom. The van der Waals surface area contributed by atoms with Crippen LogP contribution < -0.4 is 10.6 Å². The van der Waals surface area contributed by atoms with Crippen molar-refractivity contribution in [1.82, 2.24) is 25.3 Å². The SMILES string of the molecule is CCNC(=NCc1cn(C)nc1C(F)(F)F)NCCCN1CCCC1=O.I. The maximum atomic E-state index is 13.0. The number of amides is 1. The number of carbonyl (C=O) groups excluding carboxylic acids is 1. The average molecular weight is 502 g/mol. The Morgan fingerprint density at radius 3 is 2.70 bits per heavy atom. The Bertz CT molecular complexity index is 647. The Hall–Kier alpha value is -1.53. The fourth-order valence-electron chi connectivity index (χ4n) is 2.82. The number of nitrogens with zero attached hydrogens (tertiary/aromatic N) is 4. The number of hydrogen-bond donors (Lipinski definition) is 2. The highest BCUT2D eigenvalue weighted by Crippen LogP contribution is 2.30. The van der Waals surface area contributed by atoms with E-state index in [-0.39, 0.29) is 42.0 Å². The second-order valence-electron chi connectivity index (χ2n) is 6.13. The molecule has 0 aliphatic carbocycles. The second-order valence-corrected chi connectivity index (χ2v) is 6.13. The van der Waals surface area contributed by atoms with Crippen molar-refractivity contribution in [2.75, 3.05) is 26.2 Å². The lowest BCUT2D eigenvalue weighted by Crippen LogP contribution is -2.39. The average Bonchev–Trinajstić information content (AvgIpc) is 3.14. The van der Waals surface area contributed by atoms with Gasteiger partial charge in [-0.2, -0.15) is 18.3 Å². The monoisotopic (exact) mass is 502 g/mol. The number of carbonyl (C=O) groups is 1. The maximum absolute atomic E-state index is 13.0. The summed E-state index contributed by atoms with van der Waals surface area (Å²) in [4.78, 5) is 17.6. The highest BCUT2D eigenvalue weighted by atomic mass is 127. The molecule has 11 heteroatoms. The molecule has 27 heavy (non-hydrogen) atoms. The summed E-state index contributed by atoms with van der Waals surface area (Å²) in [6.07, 6.45) is -0.904. The molecule has 7 nitrogen and oxygen atoms in total. The zero-order valence-electron chi connectivity index (χ0n) is 15.5. The highest BCUT2D eigenvalue weighted by Gasteiger charge is 2.36. The number of nitrogens with one attached hydrogen (secondary N) is 2. The third kappa shape index (κ3) is 7.18. The molecule has 1 amide bonds. The van der Waals surface area contributed by atoms with E-state index in [1.165, 1.54) is 13.2 Å². The Morgan fingerprint density at radius 1 is 1.37 bits per heavy atom. The third-order valence-electron chi connectivity index (χ3n) is 3.99. The van der Waals surface area contributed by atoms with Crippen LogP contribution in [0.25, 0.3) is 0 Å². The summed E-state index contributed by atoms with van der Waals surface area (Å²) in [6.45, 7) is 4.40. The van der Waals surface area contributed by atoms with Crippen LogP contribution in [0.3, 0.4) is 0 Å². The van der Waals surface area contributed by atoms with Crippen LogP contribution in [0.15, 0.2) is 11.2 Å². The smallest absolute Gasteiger partial charge is 0.357 e. The van der Waals surface area contributed by atoms with E-state index in [0.717, 1.165) is 24.1 Å². The van der Waals surface area contributed by atoms with E-state index in [1.54, 1.807) is 0 Å². The molecule has 2 heterocycles. The molecule has 1 saturated heterocycles. The number of hydrogen-bond acceptors (Lipinski definition) is 3. The quantitative estimate of drug-likeness (QED) is 0.260. The summed E-state index contributed by atoms with van der Waals surface area (Å²) in [5, 5.41) is 9.57. The molecule has 0 bridgehead atoms. The normalized spacial score (nSPS) is 15.1. The van der Waals surface area contributed by atoms with Gasteiger partial charge in [0, 0.05) is 51.4 Å². The summed E-state index contributed by atoms with van der Waals surface area (Å²) in [6, 6.07) is 0. The highest BCUT2D eigenvalue weighted by molar-refractivity contribution is 14.0. The molecule has 0 aromatic carbocycles. The molecule has 2 N–H and O–H groups in total. The summed E-state index contributed by atoms with van der Waals surface area (Å²) in [7, 11) is 1.45. The van der Waals surface area contributed by atoms with Crippen molar-refractivity contribution < 1.29 is 18.0 Å². The van der Waals surface area contributed by atoms with Gasteiger partial charge in [0.05, 0.1) is 6.54 Å². The number of halogens is 4. The molecular weight excluding hydrogens is 476 g/mol. The Balaban J connectivity index is 0.00000364. The molecule has 1 aromatic heterocycles. The molecular formula is C16H26F3IN6O. The van der Waals surface area contributed by atoms with E-state index in [4.69, 9.17) is 0 Å². The number of aliphatic imine (C=N–C) groups is 1. The van der Waals surface area contributed by atoms with Crippen molar-refractivity contribution in [1.29, 1.82) is 0 Å². The van der Waals surface area contributed by atoms with E-state index in [9.17, 15) is 18.0 Å². The molecule has 1 aliphatic heterocycles. The van der Waals surface area contributed by atoms with Crippen molar-refractivity contribution in [2.24, 2.45) is 12.0 Å². The zero-order chi connectivity index (χ0) is 19.2. The van der Waals surface area contributed by atoms with Gasteiger partial charge >= 0.3 is 6.18 Å². The summed E-state index contributed by atoms with van der Waals surface area (Å²) in [5.74, 6) is 0.624. The summed E-state index contributed by atoms with van der Waals surface area (Å²) >= 11 is 0. The van der Waals surface area contributed by atoms with Gasteiger partial charge in [0.25, 0.3) is 0 Å². The van der Waals surface area contributed by atoms with Gasteiger partial charge < -0.3 is 15.5 Å². The van der Waals surface area contributed by atoms with Crippen LogP contribution >= 0.6 is 24.0 Å². The number of rotatable bonds is 7. The van der Waals surface area contributed by atoms with E-state index < -0.39 is 11.9 Å². The second kappa shape index (κ2) is 10.7. The molecule has 2 rings (SSSR count). The first kappa shape index (κ1) is 23.5. The predicted molar refractivity (Wildman–Crippen MR) is 107 cm³/mol. The number of aromatic nitrogens is 2. The van der Waals surface area contributed by atoms with Crippen LogP contribution in [-0.4, -0.2) is 52.7 Å². The van der Waals surface area contributed by atoms with Crippen molar-refractivity contribution in [3.8, 4) is 0 Å². The van der Waals surface area contributed by atoms with Gasteiger partial charge in [-0.05, 0) is 19.8 Å². The van der Waals surface area contributed by atoms with Crippen LogP contribution in [0.4, 0.5) is 13.2 Å². The number of alkyl halides is 3. The van der Waals surface area contributed by atoms with Crippen LogP contribution in [0.2, 0.25) is 0 Å². The fraction of sp³-hybridized carbons (Fsp3) is 0.688. The van der Waals surface area contributed by atoms with Crippen LogP contribution in [0, 0.1) is 0 Å². The summed E-state index contributed by atoms with van der Waals surface area (Å²) < 4.78 is 40.1. The molecule has 154 valence electrons. The molecule has 0 saturated carbocycles. The van der Waals surface area contributed by atoms with Crippen molar-refractivity contribution >= 4 is 35.8 Å². The number of guanidine groups is 1. The largest absolute Gasteiger partial charge is 0.435 e. The van der Waals surface area contributed by atoms with E-state index in [0.29, 0.717) is 32.0 Å². The lowest BCUT2D eigenvalue weighted by molar-refractivity contribution is -0.142. The summed E-state index contributed by atoms with van der Waals surface area (Å²) in [5.41, 5.74) is -0.882. The molecule has 0 unspecified atom stereocenters. The molecule has 1 aliphatic rings. The van der Waals surface area contributed by atoms with Gasteiger partial charge in [0.1, 0.15) is 0 Å². The van der Waals surface area contributed by atoms with Crippen LogP contribution in [0.1, 0.15) is 37.4 Å². The first-order valence-corrected chi connectivity index (χ1v) is 8.71.